The van der Waals surface area contributed by atoms with Crippen LogP contribution in [-0.4, -0.2) is 12.5 Å². The molecule has 2 aromatic rings. The molecule has 0 N–H and O–H groups in total. The van der Waals surface area contributed by atoms with Crippen LogP contribution in [0.15, 0.2) is 58.3 Å². The zero-order chi connectivity index (χ0) is 16.5. The van der Waals surface area contributed by atoms with Crippen LogP contribution in [0.3, 0.4) is 0 Å². The molecule has 120 valence electrons. The third-order valence-electron chi connectivity index (χ3n) is 4.45. The number of hydrogen-bond acceptors (Lipinski definition) is 0. The van der Waals surface area contributed by atoms with E-state index >= 15 is 0 Å². The molecule has 0 aliphatic heterocycles. The van der Waals surface area contributed by atoms with Gasteiger partial charge in [0.1, 0.15) is 0 Å². The van der Waals surface area contributed by atoms with Gasteiger partial charge in [0.2, 0.25) is 0 Å². The molecule has 0 bridgehead atoms. The fourth-order valence-electron chi connectivity index (χ4n) is 2.62. The van der Waals surface area contributed by atoms with Gasteiger partial charge in [-0.1, -0.05) is 58.9 Å². The maximum atomic E-state index is 2.39. The van der Waals surface area contributed by atoms with Crippen LogP contribution < -0.4 is 0 Å². The Morgan fingerprint density at radius 3 is 1.50 bits per heavy atom. The average Bonchev–Trinajstić information content (AvgIpc) is 2.46. The Kier molecular flexibility index (Phi) is 4.77. The average molecular weight is 315 g/mol. The van der Waals surface area contributed by atoms with Crippen molar-refractivity contribution in [3.63, 3.8) is 0 Å². The normalized spacial score (nSPS) is 13.5. The first-order valence-corrected chi connectivity index (χ1v) is 10.5. The largest absolute Gasteiger partial charge is 0.194 e. The van der Waals surface area contributed by atoms with Crippen LogP contribution in [0.4, 0.5) is 0 Å². The molecule has 1 heteroatoms. The summed E-state index contributed by atoms with van der Waals surface area (Å²) >= 11 is 0. The van der Waals surface area contributed by atoms with Crippen molar-refractivity contribution in [2.75, 3.05) is 12.5 Å². The summed E-state index contributed by atoms with van der Waals surface area (Å²) in [6.07, 6.45) is 4.78. The minimum Gasteiger partial charge on any atom is -0.194 e. The highest BCUT2D eigenvalue weighted by Gasteiger charge is 2.19. The molecule has 0 heterocycles. The molecule has 0 radical (unpaired) electrons. The monoisotopic (exact) mass is 314 g/mol. The molecular weight excluding hydrogens is 284 g/mol. The van der Waals surface area contributed by atoms with Gasteiger partial charge in [0, 0.05) is 0 Å². The van der Waals surface area contributed by atoms with Crippen LogP contribution in [0, 0.1) is 0 Å². The van der Waals surface area contributed by atoms with Gasteiger partial charge in [-0.3, -0.25) is 0 Å². The zero-order valence-corrected chi connectivity index (χ0v) is 15.9. The SMILES string of the molecule is CC(C)c1ccc(S(C)(C)c2ccc(C(C)(C)C)cc2)cc1. The minimum absolute atomic E-state index is 0.219. The van der Waals surface area contributed by atoms with Gasteiger partial charge in [0.15, 0.2) is 0 Å². The van der Waals surface area contributed by atoms with Crippen molar-refractivity contribution in [2.24, 2.45) is 0 Å². The smallest absolute Gasteiger partial charge is 0.00639 e. The zero-order valence-electron chi connectivity index (χ0n) is 15.1. The highest BCUT2D eigenvalue weighted by Crippen LogP contribution is 2.56. The molecule has 0 aliphatic carbocycles. The molecule has 0 aliphatic rings. The van der Waals surface area contributed by atoms with E-state index in [0.29, 0.717) is 5.92 Å². The van der Waals surface area contributed by atoms with Crippen molar-refractivity contribution in [1.29, 1.82) is 0 Å². The second-order valence-corrected chi connectivity index (χ2v) is 11.4. The van der Waals surface area contributed by atoms with Gasteiger partial charge in [-0.2, -0.15) is 10.0 Å². The van der Waals surface area contributed by atoms with Gasteiger partial charge < -0.3 is 0 Å². The van der Waals surface area contributed by atoms with E-state index in [9.17, 15) is 0 Å². The maximum Gasteiger partial charge on any atom is -0.00639 e. The lowest BCUT2D eigenvalue weighted by atomic mass is 9.87. The topological polar surface area (TPSA) is 0 Å². The molecule has 0 spiro atoms. The quantitative estimate of drug-likeness (QED) is 0.599. The van der Waals surface area contributed by atoms with Crippen molar-refractivity contribution in [3.05, 3.63) is 59.7 Å². The number of hydrogen-bond donors (Lipinski definition) is 0. The van der Waals surface area contributed by atoms with E-state index in [0.717, 1.165) is 0 Å². The third-order valence-corrected chi connectivity index (χ3v) is 7.35. The van der Waals surface area contributed by atoms with E-state index in [-0.39, 0.29) is 5.41 Å². The van der Waals surface area contributed by atoms with Crippen LogP contribution in [0.25, 0.3) is 0 Å². The Balaban J connectivity index is 2.33. The minimum atomic E-state index is -0.944. The Morgan fingerprint density at radius 1 is 0.727 bits per heavy atom. The Morgan fingerprint density at radius 2 is 1.14 bits per heavy atom. The lowest BCUT2D eigenvalue weighted by Crippen LogP contribution is -2.11. The van der Waals surface area contributed by atoms with E-state index in [1.54, 1.807) is 0 Å². The summed E-state index contributed by atoms with van der Waals surface area (Å²) in [5, 5.41) is 0. The summed E-state index contributed by atoms with van der Waals surface area (Å²) < 4.78 is 0. The molecule has 0 nitrogen and oxygen atoms in total. The molecule has 0 atom stereocenters. The summed E-state index contributed by atoms with van der Waals surface area (Å²) in [7, 11) is -0.944. The van der Waals surface area contributed by atoms with Crippen molar-refractivity contribution in [1.82, 2.24) is 0 Å². The number of rotatable bonds is 3. The number of benzene rings is 2. The van der Waals surface area contributed by atoms with Gasteiger partial charge in [-0.15, -0.1) is 0 Å². The predicted octanol–water partition coefficient (Wildman–Crippen LogP) is 6.59. The lowest BCUT2D eigenvalue weighted by molar-refractivity contribution is 0.589. The van der Waals surface area contributed by atoms with Crippen LogP contribution >= 0.6 is 10.0 Å². The Labute approximate surface area is 138 Å². The molecule has 0 unspecified atom stereocenters. The Bertz CT molecular complexity index is 610. The molecule has 0 fully saturated rings. The van der Waals surface area contributed by atoms with Gasteiger partial charge in [0.25, 0.3) is 0 Å². The van der Waals surface area contributed by atoms with Crippen molar-refractivity contribution < 1.29 is 0 Å². The van der Waals surface area contributed by atoms with Crippen molar-refractivity contribution >= 4 is 10.0 Å². The highest BCUT2D eigenvalue weighted by atomic mass is 32.3. The van der Waals surface area contributed by atoms with Gasteiger partial charge in [0.05, 0.1) is 0 Å². The fraction of sp³-hybridized carbons (Fsp3) is 0.429. The highest BCUT2D eigenvalue weighted by molar-refractivity contribution is 8.32. The first-order valence-electron chi connectivity index (χ1n) is 8.06. The summed E-state index contributed by atoms with van der Waals surface area (Å²) in [5.41, 5.74) is 3.04. The second kappa shape index (κ2) is 6.12. The first-order chi connectivity index (χ1) is 10.1. The van der Waals surface area contributed by atoms with Crippen LogP contribution in [0.2, 0.25) is 0 Å². The molecule has 0 aromatic heterocycles. The van der Waals surface area contributed by atoms with Crippen molar-refractivity contribution in [2.45, 2.75) is 55.7 Å². The summed E-state index contributed by atoms with van der Waals surface area (Å²) in [6.45, 7) is 11.3. The summed E-state index contributed by atoms with van der Waals surface area (Å²) in [4.78, 5) is 2.92. The first kappa shape index (κ1) is 17.1. The van der Waals surface area contributed by atoms with E-state index in [4.69, 9.17) is 0 Å². The fourth-order valence-corrected chi connectivity index (χ4v) is 4.53. The van der Waals surface area contributed by atoms with Crippen LogP contribution in [0.1, 0.15) is 51.7 Å². The Hall–Kier alpha value is -1.21. The second-order valence-electron chi connectivity index (χ2n) is 7.82. The van der Waals surface area contributed by atoms with E-state index in [1.165, 1.54) is 20.9 Å². The van der Waals surface area contributed by atoms with Crippen LogP contribution in [0.5, 0.6) is 0 Å². The van der Waals surface area contributed by atoms with E-state index in [2.05, 4.69) is 95.7 Å². The maximum absolute atomic E-state index is 2.39. The van der Waals surface area contributed by atoms with Gasteiger partial charge >= 0.3 is 0 Å². The summed E-state index contributed by atoms with van der Waals surface area (Å²) in [6, 6.07) is 18.5. The third kappa shape index (κ3) is 3.57. The van der Waals surface area contributed by atoms with E-state index in [1.807, 2.05) is 0 Å². The van der Waals surface area contributed by atoms with Crippen LogP contribution in [-0.2, 0) is 5.41 Å². The van der Waals surface area contributed by atoms with E-state index < -0.39 is 10.0 Å². The molecule has 2 rings (SSSR count). The molecule has 0 saturated heterocycles. The van der Waals surface area contributed by atoms with Gasteiger partial charge in [-0.05, 0) is 69.0 Å². The molecule has 0 saturated carbocycles. The molecule has 22 heavy (non-hydrogen) atoms. The predicted molar refractivity (Wildman–Crippen MR) is 102 cm³/mol. The standard InChI is InChI=1S/C21H30S/c1-16(2)17-8-12-19(13-9-17)22(6,7)20-14-10-18(11-15-20)21(3,4)5/h8-16H,1-7H3. The summed E-state index contributed by atoms with van der Waals surface area (Å²) in [5.74, 6) is 0.596. The van der Waals surface area contributed by atoms with Gasteiger partial charge in [-0.25, -0.2) is 0 Å². The molecule has 2 aromatic carbocycles. The van der Waals surface area contributed by atoms with Crippen molar-refractivity contribution in [3.8, 4) is 0 Å². The molecule has 0 amide bonds. The lowest BCUT2D eigenvalue weighted by Gasteiger charge is -2.33. The molecular formula is C21H30S.